The molecule has 2 rings (SSSR count). The van der Waals surface area contributed by atoms with Crippen LogP contribution in [0.4, 0.5) is 0 Å². The second kappa shape index (κ2) is 4.45. The van der Waals surface area contributed by atoms with E-state index < -0.39 is 0 Å². The summed E-state index contributed by atoms with van der Waals surface area (Å²) in [5.74, 6) is -0.0256. The van der Waals surface area contributed by atoms with Crippen molar-refractivity contribution in [2.24, 2.45) is 0 Å². The molecule has 0 spiro atoms. The molecule has 80 valence electrons. The van der Waals surface area contributed by atoms with Crippen molar-refractivity contribution >= 4 is 17.4 Å². The smallest absolute Gasteiger partial charge is 0.193 e. The van der Waals surface area contributed by atoms with Gasteiger partial charge in [0.2, 0.25) is 0 Å². The van der Waals surface area contributed by atoms with E-state index in [0.717, 1.165) is 5.56 Å². The molecular weight excluding hydrogens is 222 g/mol. The fourth-order valence-corrected chi connectivity index (χ4v) is 1.70. The Morgan fingerprint density at radius 2 is 2.00 bits per heavy atom. The molecule has 0 bridgehead atoms. The fourth-order valence-electron chi connectivity index (χ4n) is 1.53. The van der Waals surface area contributed by atoms with Crippen LogP contribution in [0.1, 0.15) is 21.5 Å². The van der Waals surface area contributed by atoms with Gasteiger partial charge in [0, 0.05) is 17.3 Å². The molecule has 0 fully saturated rings. The molecule has 0 radical (unpaired) electrons. The standard InChI is InChI=1S/C13H10ClNO/c1-9-4-2-3-5-11(9)13(16)10-6-7-15-12(14)8-10/h2-8H,1H3. The number of aromatic nitrogens is 1. The van der Waals surface area contributed by atoms with Crippen molar-refractivity contribution in [3.8, 4) is 0 Å². The number of carbonyl (C=O) groups is 1. The van der Waals surface area contributed by atoms with Crippen molar-refractivity contribution in [3.63, 3.8) is 0 Å². The number of ketones is 1. The Hall–Kier alpha value is -1.67. The van der Waals surface area contributed by atoms with Crippen molar-refractivity contribution in [2.75, 3.05) is 0 Å². The van der Waals surface area contributed by atoms with E-state index in [1.165, 1.54) is 6.20 Å². The highest BCUT2D eigenvalue weighted by atomic mass is 35.5. The number of benzene rings is 1. The van der Waals surface area contributed by atoms with Crippen LogP contribution in [0, 0.1) is 6.92 Å². The maximum atomic E-state index is 12.1. The molecule has 0 saturated carbocycles. The van der Waals surface area contributed by atoms with Gasteiger partial charge in [0.1, 0.15) is 5.15 Å². The Balaban J connectivity index is 2.44. The summed E-state index contributed by atoms with van der Waals surface area (Å²) in [6, 6.07) is 10.7. The van der Waals surface area contributed by atoms with Crippen LogP contribution in [0.3, 0.4) is 0 Å². The van der Waals surface area contributed by atoms with E-state index in [1.807, 2.05) is 31.2 Å². The van der Waals surface area contributed by atoms with Crippen LogP contribution < -0.4 is 0 Å². The number of hydrogen-bond donors (Lipinski definition) is 0. The van der Waals surface area contributed by atoms with Gasteiger partial charge in [0.25, 0.3) is 0 Å². The molecule has 1 heterocycles. The van der Waals surface area contributed by atoms with E-state index in [0.29, 0.717) is 16.3 Å². The van der Waals surface area contributed by atoms with Crippen LogP contribution in [0.15, 0.2) is 42.6 Å². The van der Waals surface area contributed by atoms with Crippen LogP contribution in [-0.4, -0.2) is 10.8 Å². The normalized spacial score (nSPS) is 10.1. The highest BCUT2D eigenvalue weighted by molar-refractivity contribution is 6.30. The average Bonchev–Trinajstić information content (AvgIpc) is 2.29. The van der Waals surface area contributed by atoms with Crippen LogP contribution >= 0.6 is 11.6 Å². The van der Waals surface area contributed by atoms with Gasteiger partial charge in [-0.05, 0) is 24.6 Å². The highest BCUT2D eigenvalue weighted by Gasteiger charge is 2.11. The monoisotopic (exact) mass is 231 g/mol. The lowest BCUT2D eigenvalue weighted by Gasteiger charge is -2.04. The molecule has 0 saturated heterocycles. The van der Waals surface area contributed by atoms with Crippen LogP contribution in [0.25, 0.3) is 0 Å². The summed E-state index contributed by atoms with van der Waals surface area (Å²) < 4.78 is 0. The number of rotatable bonds is 2. The molecule has 0 N–H and O–H groups in total. The van der Waals surface area contributed by atoms with Crippen LogP contribution in [0.2, 0.25) is 5.15 Å². The number of carbonyl (C=O) groups excluding carboxylic acids is 1. The molecule has 0 aliphatic heterocycles. The third-order valence-corrected chi connectivity index (χ3v) is 2.59. The topological polar surface area (TPSA) is 30.0 Å². The third-order valence-electron chi connectivity index (χ3n) is 2.38. The molecular formula is C13H10ClNO. The van der Waals surface area contributed by atoms with Gasteiger partial charge in [-0.3, -0.25) is 4.79 Å². The van der Waals surface area contributed by atoms with Gasteiger partial charge in [-0.15, -0.1) is 0 Å². The molecule has 0 aliphatic carbocycles. The van der Waals surface area contributed by atoms with E-state index in [-0.39, 0.29) is 5.78 Å². The second-order valence-electron chi connectivity index (χ2n) is 3.51. The molecule has 2 aromatic rings. The predicted molar refractivity (Wildman–Crippen MR) is 63.9 cm³/mol. The van der Waals surface area contributed by atoms with Gasteiger partial charge in [0.15, 0.2) is 5.78 Å². The van der Waals surface area contributed by atoms with Crippen LogP contribution in [0.5, 0.6) is 0 Å². The Bertz CT molecular complexity index is 537. The zero-order valence-corrected chi connectivity index (χ0v) is 9.53. The average molecular weight is 232 g/mol. The Kier molecular flexibility index (Phi) is 3.02. The van der Waals surface area contributed by atoms with E-state index >= 15 is 0 Å². The number of pyridine rings is 1. The molecule has 3 heteroatoms. The lowest BCUT2D eigenvalue weighted by molar-refractivity contribution is 0.103. The summed E-state index contributed by atoms with van der Waals surface area (Å²) in [6.45, 7) is 1.91. The summed E-state index contributed by atoms with van der Waals surface area (Å²) in [5.41, 5.74) is 2.22. The minimum Gasteiger partial charge on any atom is -0.289 e. The van der Waals surface area contributed by atoms with Crippen molar-refractivity contribution in [1.82, 2.24) is 4.98 Å². The quantitative estimate of drug-likeness (QED) is 0.587. The van der Waals surface area contributed by atoms with E-state index in [1.54, 1.807) is 12.1 Å². The molecule has 0 amide bonds. The zero-order chi connectivity index (χ0) is 11.5. The number of nitrogens with zero attached hydrogens (tertiary/aromatic N) is 1. The fraction of sp³-hybridized carbons (Fsp3) is 0.0769. The maximum absolute atomic E-state index is 12.1. The van der Waals surface area contributed by atoms with Gasteiger partial charge < -0.3 is 0 Å². The van der Waals surface area contributed by atoms with E-state index in [4.69, 9.17) is 11.6 Å². The third kappa shape index (κ3) is 2.12. The van der Waals surface area contributed by atoms with E-state index in [2.05, 4.69) is 4.98 Å². The summed E-state index contributed by atoms with van der Waals surface area (Å²) >= 11 is 5.75. The second-order valence-corrected chi connectivity index (χ2v) is 3.90. The number of halogens is 1. The molecule has 0 aliphatic rings. The summed E-state index contributed by atoms with van der Waals surface area (Å²) in [4.78, 5) is 16.0. The number of hydrogen-bond acceptors (Lipinski definition) is 2. The molecule has 16 heavy (non-hydrogen) atoms. The first-order valence-electron chi connectivity index (χ1n) is 4.90. The molecule has 1 aromatic carbocycles. The molecule has 0 atom stereocenters. The molecule has 1 aromatic heterocycles. The maximum Gasteiger partial charge on any atom is 0.193 e. The summed E-state index contributed by atoms with van der Waals surface area (Å²) in [5, 5.41) is 0.333. The van der Waals surface area contributed by atoms with Crippen molar-refractivity contribution in [1.29, 1.82) is 0 Å². The lowest BCUT2D eigenvalue weighted by atomic mass is 10.0. The van der Waals surface area contributed by atoms with Crippen molar-refractivity contribution < 1.29 is 4.79 Å². The minimum atomic E-state index is -0.0256. The van der Waals surface area contributed by atoms with Gasteiger partial charge in [-0.1, -0.05) is 35.9 Å². The van der Waals surface area contributed by atoms with Gasteiger partial charge in [-0.2, -0.15) is 0 Å². The van der Waals surface area contributed by atoms with Gasteiger partial charge in [-0.25, -0.2) is 4.98 Å². The Morgan fingerprint density at radius 3 is 2.69 bits per heavy atom. The zero-order valence-electron chi connectivity index (χ0n) is 8.77. The highest BCUT2D eigenvalue weighted by Crippen LogP contribution is 2.15. The summed E-state index contributed by atoms with van der Waals surface area (Å²) in [7, 11) is 0. The Morgan fingerprint density at radius 1 is 1.25 bits per heavy atom. The number of aryl methyl sites for hydroxylation is 1. The largest absolute Gasteiger partial charge is 0.289 e. The molecule has 2 nitrogen and oxygen atoms in total. The first-order chi connectivity index (χ1) is 7.68. The summed E-state index contributed by atoms with van der Waals surface area (Å²) in [6.07, 6.45) is 1.54. The predicted octanol–water partition coefficient (Wildman–Crippen LogP) is 3.27. The van der Waals surface area contributed by atoms with Crippen molar-refractivity contribution in [3.05, 3.63) is 64.4 Å². The minimum absolute atomic E-state index is 0.0256. The lowest BCUT2D eigenvalue weighted by Crippen LogP contribution is -2.03. The first kappa shape index (κ1) is 10.8. The first-order valence-corrected chi connectivity index (χ1v) is 5.28. The van der Waals surface area contributed by atoms with Gasteiger partial charge in [0.05, 0.1) is 0 Å². The van der Waals surface area contributed by atoms with Crippen molar-refractivity contribution in [2.45, 2.75) is 6.92 Å². The SMILES string of the molecule is Cc1ccccc1C(=O)c1ccnc(Cl)c1. The van der Waals surface area contributed by atoms with Crippen LogP contribution in [-0.2, 0) is 0 Å². The van der Waals surface area contributed by atoms with E-state index in [9.17, 15) is 4.79 Å². The Labute approximate surface area is 98.9 Å². The van der Waals surface area contributed by atoms with Gasteiger partial charge >= 0.3 is 0 Å². The molecule has 0 unspecified atom stereocenters.